The Morgan fingerprint density at radius 2 is 1.92 bits per heavy atom. The van der Waals surface area contributed by atoms with Gasteiger partial charge in [0.2, 0.25) is 5.91 Å². The van der Waals surface area contributed by atoms with E-state index in [9.17, 15) is 14.4 Å². The second-order valence-electron chi connectivity index (χ2n) is 5.70. The number of hydrogen-bond donors (Lipinski definition) is 2. The Morgan fingerprint density at radius 1 is 1.15 bits per heavy atom. The van der Waals surface area contributed by atoms with Crippen molar-refractivity contribution < 1.29 is 14.0 Å². The normalized spacial score (nSPS) is 10.7. The summed E-state index contributed by atoms with van der Waals surface area (Å²) < 4.78 is 6.44. The zero-order valence-corrected chi connectivity index (χ0v) is 14.7. The number of carbonyl (C=O) groups is 2. The average molecular weight is 374 g/mol. The fourth-order valence-electron chi connectivity index (χ4n) is 2.55. The molecule has 1 aromatic heterocycles. The summed E-state index contributed by atoms with van der Waals surface area (Å²) in [6, 6.07) is 11.9. The molecule has 0 bridgehead atoms. The minimum absolute atomic E-state index is 0.00871. The molecule has 0 fully saturated rings. The highest BCUT2D eigenvalue weighted by molar-refractivity contribution is 6.31. The summed E-state index contributed by atoms with van der Waals surface area (Å²) in [5.74, 6) is -1.40. The van der Waals surface area contributed by atoms with E-state index < -0.39 is 17.6 Å². The molecule has 0 saturated heterocycles. The van der Waals surface area contributed by atoms with Gasteiger partial charge in [-0.3, -0.25) is 25.0 Å². The van der Waals surface area contributed by atoms with Crippen LogP contribution < -0.4 is 16.6 Å². The highest BCUT2D eigenvalue weighted by atomic mass is 35.5. The lowest BCUT2D eigenvalue weighted by molar-refractivity contribution is -0.122. The molecular weight excluding hydrogens is 358 g/mol. The molecule has 0 aliphatic carbocycles. The Bertz CT molecular complexity index is 1040. The number of benzene rings is 2. The number of hydrazine groups is 1. The molecule has 0 aliphatic heterocycles. The molecule has 26 heavy (non-hydrogen) atoms. The number of oxazole rings is 1. The van der Waals surface area contributed by atoms with Gasteiger partial charge in [0.1, 0.15) is 0 Å². The molecule has 0 spiro atoms. The Balaban J connectivity index is 1.60. The van der Waals surface area contributed by atoms with Gasteiger partial charge in [-0.1, -0.05) is 29.8 Å². The first-order chi connectivity index (χ1) is 12.5. The number of aryl methyl sites for hydroxylation is 2. The van der Waals surface area contributed by atoms with Crippen molar-refractivity contribution in [1.82, 2.24) is 15.4 Å². The number of nitrogens with zero attached hydrogens (tertiary/aromatic N) is 1. The molecule has 0 unspecified atom stereocenters. The second kappa shape index (κ2) is 7.45. The molecule has 7 nitrogen and oxygen atoms in total. The Hall–Kier alpha value is -3.06. The van der Waals surface area contributed by atoms with Gasteiger partial charge in [0.15, 0.2) is 5.58 Å². The predicted octanol–water partition coefficient (Wildman–Crippen LogP) is 2.41. The largest absolute Gasteiger partial charge is 0.419 e. The van der Waals surface area contributed by atoms with Crippen molar-refractivity contribution >= 4 is 34.5 Å². The van der Waals surface area contributed by atoms with Gasteiger partial charge in [-0.2, -0.15) is 0 Å². The van der Waals surface area contributed by atoms with Crippen LogP contribution in [0.15, 0.2) is 51.7 Å². The van der Waals surface area contributed by atoms with Crippen LogP contribution in [0.4, 0.5) is 0 Å². The van der Waals surface area contributed by atoms with E-state index in [2.05, 4.69) is 10.9 Å². The first-order valence-electron chi connectivity index (χ1n) is 7.89. The fourth-order valence-corrected chi connectivity index (χ4v) is 2.71. The van der Waals surface area contributed by atoms with E-state index in [4.69, 9.17) is 16.0 Å². The Kier molecular flexibility index (Phi) is 5.09. The minimum Gasteiger partial charge on any atom is -0.408 e. The van der Waals surface area contributed by atoms with E-state index in [0.29, 0.717) is 21.7 Å². The van der Waals surface area contributed by atoms with Gasteiger partial charge in [-0.05, 0) is 30.7 Å². The number of hydrogen-bond acceptors (Lipinski definition) is 4. The number of rotatable bonds is 4. The zero-order valence-electron chi connectivity index (χ0n) is 13.9. The lowest BCUT2D eigenvalue weighted by Crippen LogP contribution is -2.42. The monoisotopic (exact) mass is 373 g/mol. The number of nitrogens with one attached hydrogen (secondary N) is 2. The molecular formula is C18H16ClN3O4. The molecule has 0 saturated carbocycles. The van der Waals surface area contributed by atoms with Crippen LogP contribution in [-0.4, -0.2) is 16.4 Å². The fraction of sp³-hybridized carbons (Fsp3) is 0.167. The summed E-state index contributed by atoms with van der Waals surface area (Å²) in [5.41, 5.74) is 6.89. The number of fused-ring (bicyclic) bond motifs is 1. The maximum atomic E-state index is 12.1. The minimum atomic E-state index is -0.570. The molecule has 3 aromatic rings. The molecule has 0 radical (unpaired) electrons. The third kappa shape index (κ3) is 3.78. The van der Waals surface area contributed by atoms with Gasteiger partial charge in [0.25, 0.3) is 5.91 Å². The molecule has 134 valence electrons. The summed E-state index contributed by atoms with van der Waals surface area (Å²) in [4.78, 5) is 35.9. The van der Waals surface area contributed by atoms with Crippen molar-refractivity contribution in [3.8, 4) is 0 Å². The van der Waals surface area contributed by atoms with Gasteiger partial charge in [-0.15, -0.1) is 0 Å². The number of amides is 2. The SMILES string of the molecule is Cc1ccccc1C(=O)NNC(=O)CCn1c(=O)oc2cc(Cl)ccc21. The topological polar surface area (TPSA) is 93.3 Å². The first kappa shape index (κ1) is 17.8. The maximum Gasteiger partial charge on any atom is 0.419 e. The van der Waals surface area contributed by atoms with E-state index in [0.717, 1.165) is 5.56 Å². The first-order valence-corrected chi connectivity index (χ1v) is 8.27. The van der Waals surface area contributed by atoms with Crippen molar-refractivity contribution in [2.24, 2.45) is 0 Å². The average Bonchev–Trinajstić information content (AvgIpc) is 2.92. The number of carbonyl (C=O) groups excluding carboxylic acids is 2. The quantitative estimate of drug-likeness (QED) is 0.687. The summed E-state index contributed by atoms with van der Waals surface area (Å²) in [6.45, 7) is 1.92. The van der Waals surface area contributed by atoms with E-state index in [1.165, 1.54) is 10.6 Å². The summed E-state index contributed by atoms with van der Waals surface area (Å²) in [7, 11) is 0. The molecule has 8 heteroatoms. The molecule has 0 aliphatic rings. The standard InChI is InChI=1S/C18H16ClN3O4/c1-11-4-2-3-5-13(11)17(24)21-20-16(23)8-9-22-14-7-6-12(19)10-15(14)26-18(22)25/h2-7,10H,8-9H2,1H3,(H,20,23)(H,21,24). The van der Waals surface area contributed by atoms with Crippen molar-refractivity contribution in [2.75, 3.05) is 0 Å². The van der Waals surface area contributed by atoms with Crippen LogP contribution in [0.3, 0.4) is 0 Å². The van der Waals surface area contributed by atoms with Crippen molar-refractivity contribution in [1.29, 1.82) is 0 Å². The van der Waals surface area contributed by atoms with Crippen LogP contribution in [-0.2, 0) is 11.3 Å². The van der Waals surface area contributed by atoms with Crippen molar-refractivity contribution in [2.45, 2.75) is 19.9 Å². The lowest BCUT2D eigenvalue weighted by atomic mass is 10.1. The highest BCUT2D eigenvalue weighted by Gasteiger charge is 2.13. The molecule has 2 N–H and O–H groups in total. The van der Waals surface area contributed by atoms with Crippen LogP contribution in [0.2, 0.25) is 5.02 Å². The summed E-state index contributed by atoms with van der Waals surface area (Å²) in [6.07, 6.45) is -0.00871. The van der Waals surface area contributed by atoms with E-state index >= 15 is 0 Å². The van der Waals surface area contributed by atoms with Crippen molar-refractivity contribution in [3.05, 3.63) is 69.2 Å². The van der Waals surface area contributed by atoms with Crippen LogP contribution >= 0.6 is 11.6 Å². The summed E-state index contributed by atoms with van der Waals surface area (Å²) >= 11 is 5.86. The number of halogens is 1. The summed E-state index contributed by atoms with van der Waals surface area (Å²) in [5, 5.41) is 0.454. The van der Waals surface area contributed by atoms with Gasteiger partial charge >= 0.3 is 5.76 Å². The van der Waals surface area contributed by atoms with Crippen molar-refractivity contribution in [3.63, 3.8) is 0 Å². The molecule has 3 rings (SSSR count). The van der Waals surface area contributed by atoms with Crippen LogP contribution in [0.1, 0.15) is 22.3 Å². The second-order valence-corrected chi connectivity index (χ2v) is 6.14. The molecule has 0 atom stereocenters. The molecule has 1 heterocycles. The third-order valence-corrected chi connectivity index (χ3v) is 4.13. The van der Waals surface area contributed by atoms with Gasteiger partial charge in [0.05, 0.1) is 5.52 Å². The van der Waals surface area contributed by atoms with Crippen LogP contribution in [0.25, 0.3) is 11.1 Å². The Labute approximate surface area is 153 Å². The molecule has 2 amide bonds. The van der Waals surface area contributed by atoms with Gasteiger partial charge in [-0.25, -0.2) is 4.79 Å². The van der Waals surface area contributed by atoms with Crippen LogP contribution in [0.5, 0.6) is 0 Å². The highest BCUT2D eigenvalue weighted by Crippen LogP contribution is 2.18. The smallest absolute Gasteiger partial charge is 0.408 e. The van der Waals surface area contributed by atoms with E-state index in [1.54, 1.807) is 37.3 Å². The number of aromatic nitrogens is 1. The van der Waals surface area contributed by atoms with Crippen LogP contribution in [0, 0.1) is 6.92 Å². The van der Waals surface area contributed by atoms with Gasteiger partial charge in [0, 0.05) is 29.6 Å². The lowest BCUT2D eigenvalue weighted by Gasteiger charge is -2.09. The maximum absolute atomic E-state index is 12.1. The molecule has 2 aromatic carbocycles. The van der Waals surface area contributed by atoms with Gasteiger partial charge < -0.3 is 4.42 Å². The van der Waals surface area contributed by atoms with E-state index in [-0.39, 0.29) is 13.0 Å². The Morgan fingerprint density at radius 3 is 2.69 bits per heavy atom. The third-order valence-electron chi connectivity index (χ3n) is 3.90. The van der Waals surface area contributed by atoms with E-state index in [1.807, 2.05) is 6.07 Å². The zero-order chi connectivity index (χ0) is 18.7. The predicted molar refractivity (Wildman–Crippen MR) is 96.9 cm³/mol.